The van der Waals surface area contributed by atoms with Crippen LogP contribution in [0.5, 0.6) is 11.5 Å². The fraction of sp³-hybridized carbons (Fsp3) is 0.0968. The van der Waals surface area contributed by atoms with Gasteiger partial charge in [0.25, 0.3) is 0 Å². The number of aromatic hydroxyl groups is 2. The van der Waals surface area contributed by atoms with Crippen molar-refractivity contribution in [3.63, 3.8) is 0 Å². The maximum atomic E-state index is 11.7. The highest BCUT2D eigenvalue weighted by Gasteiger charge is 2.33. The molecule has 0 amide bonds. The highest BCUT2D eigenvalue weighted by atomic mass is 16.6. The lowest BCUT2D eigenvalue weighted by molar-refractivity contribution is -0.386. The molecule has 0 aliphatic rings. The Morgan fingerprint density at radius 1 is 0.615 bits per heavy atom. The monoisotopic (exact) mass is 518 g/mol. The Bertz CT molecular complexity index is 1580. The fourth-order valence-electron chi connectivity index (χ4n) is 4.15. The molecule has 0 unspecified atom stereocenters. The van der Waals surface area contributed by atoms with E-state index in [1.165, 1.54) is 24.3 Å². The van der Waals surface area contributed by atoms with E-state index in [1.807, 2.05) is 36.4 Å². The zero-order valence-corrected chi connectivity index (χ0v) is 21.0. The van der Waals surface area contributed by atoms with Gasteiger partial charge in [0.05, 0.1) is 9.85 Å². The minimum absolute atomic E-state index is 0.296. The Labute approximate surface area is 224 Å². The second kappa shape index (κ2) is 10.8. The van der Waals surface area contributed by atoms with Gasteiger partial charge in [-0.15, -0.1) is 0 Å². The smallest absolute Gasteiger partial charge is 0.311 e. The summed E-state index contributed by atoms with van der Waals surface area (Å²) in [6, 6.07) is 23.0. The first kappa shape index (κ1) is 26.5. The lowest BCUT2D eigenvalue weighted by Gasteiger charge is -2.28. The minimum atomic E-state index is -1.14. The molecular formula is C31H22N2O6. The maximum absolute atomic E-state index is 11.7. The van der Waals surface area contributed by atoms with Crippen molar-refractivity contribution in [1.29, 1.82) is 0 Å². The second-order valence-electron chi connectivity index (χ2n) is 9.14. The van der Waals surface area contributed by atoms with Gasteiger partial charge in [0.2, 0.25) is 0 Å². The quantitative estimate of drug-likeness (QED) is 0.193. The molecule has 0 aliphatic carbocycles. The number of benzene rings is 4. The third-order valence-electron chi connectivity index (χ3n) is 6.20. The van der Waals surface area contributed by atoms with Gasteiger partial charge < -0.3 is 10.2 Å². The number of nitro benzene ring substituents is 2. The number of nitro groups is 2. The molecule has 4 aromatic carbocycles. The summed E-state index contributed by atoms with van der Waals surface area (Å²) in [6.07, 6.45) is 0. The predicted octanol–water partition coefficient (Wildman–Crippen LogP) is 6.04. The molecular weight excluding hydrogens is 496 g/mol. The van der Waals surface area contributed by atoms with Crippen molar-refractivity contribution in [3.8, 4) is 35.2 Å². The van der Waals surface area contributed by atoms with Crippen molar-refractivity contribution in [2.45, 2.75) is 19.3 Å². The van der Waals surface area contributed by atoms with Crippen LogP contribution in [0.1, 0.15) is 47.2 Å². The first-order valence-electron chi connectivity index (χ1n) is 11.8. The summed E-state index contributed by atoms with van der Waals surface area (Å²) >= 11 is 0. The van der Waals surface area contributed by atoms with E-state index >= 15 is 0 Å². The number of hydrogen-bond donors (Lipinski definition) is 2. The molecule has 0 radical (unpaired) electrons. The summed E-state index contributed by atoms with van der Waals surface area (Å²) in [7, 11) is 0. The van der Waals surface area contributed by atoms with Crippen LogP contribution in [0.4, 0.5) is 11.4 Å². The van der Waals surface area contributed by atoms with Crippen molar-refractivity contribution in [2.24, 2.45) is 0 Å². The summed E-state index contributed by atoms with van der Waals surface area (Å²) < 4.78 is 0. The molecule has 4 rings (SSSR count). The van der Waals surface area contributed by atoms with Gasteiger partial charge in [-0.05, 0) is 35.4 Å². The third-order valence-corrected chi connectivity index (χ3v) is 6.20. The molecule has 0 atom stereocenters. The van der Waals surface area contributed by atoms with Crippen LogP contribution < -0.4 is 0 Å². The third kappa shape index (κ3) is 5.71. The van der Waals surface area contributed by atoms with Crippen LogP contribution in [0, 0.1) is 43.9 Å². The van der Waals surface area contributed by atoms with Crippen molar-refractivity contribution in [2.75, 3.05) is 0 Å². The molecule has 8 heteroatoms. The van der Waals surface area contributed by atoms with Gasteiger partial charge in [-0.1, -0.05) is 73.9 Å². The summed E-state index contributed by atoms with van der Waals surface area (Å²) in [5.41, 5.74) is 0.452. The van der Waals surface area contributed by atoms with Crippen molar-refractivity contribution in [3.05, 3.63) is 139 Å². The molecule has 0 saturated heterocycles. The van der Waals surface area contributed by atoms with E-state index in [4.69, 9.17) is 0 Å². The van der Waals surface area contributed by atoms with Gasteiger partial charge in [-0.2, -0.15) is 0 Å². The van der Waals surface area contributed by atoms with Crippen LogP contribution in [0.3, 0.4) is 0 Å². The lowest BCUT2D eigenvalue weighted by atomic mass is 9.73. The standard InChI is InChI=1S/C31H22N2O6/c1-31(2,25-19-27(32(36)37)29(34)17-23(25)15-13-21-9-5-3-6-10-21)26-20-28(33(38)39)30(35)18-24(26)16-14-22-11-7-4-8-12-22/h3-12,17-20,34-35H,1-2H3. The number of phenols is 2. The van der Waals surface area contributed by atoms with Gasteiger partial charge in [-0.25, -0.2) is 0 Å². The minimum Gasteiger partial charge on any atom is -0.502 e. The van der Waals surface area contributed by atoms with E-state index in [9.17, 15) is 30.4 Å². The van der Waals surface area contributed by atoms with Crippen LogP contribution in [-0.2, 0) is 5.41 Å². The highest BCUT2D eigenvalue weighted by Crippen LogP contribution is 2.43. The van der Waals surface area contributed by atoms with Crippen LogP contribution in [-0.4, -0.2) is 20.1 Å². The maximum Gasteiger partial charge on any atom is 0.311 e. The molecule has 0 spiro atoms. The van der Waals surface area contributed by atoms with Crippen molar-refractivity contribution in [1.82, 2.24) is 0 Å². The molecule has 0 bridgehead atoms. The first-order chi connectivity index (χ1) is 18.6. The van der Waals surface area contributed by atoms with Crippen LogP contribution in [0.25, 0.3) is 0 Å². The number of nitrogens with zero attached hydrogens (tertiary/aromatic N) is 2. The van der Waals surface area contributed by atoms with E-state index in [0.29, 0.717) is 33.4 Å². The summed E-state index contributed by atoms with van der Waals surface area (Å²) in [5.74, 6) is 10.8. The lowest BCUT2D eigenvalue weighted by Crippen LogP contribution is -2.22. The second-order valence-corrected chi connectivity index (χ2v) is 9.14. The van der Waals surface area contributed by atoms with Crippen molar-refractivity contribution < 1.29 is 20.1 Å². The molecule has 4 aromatic rings. The molecule has 2 N–H and O–H groups in total. The van der Waals surface area contributed by atoms with E-state index < -0.39 is 38.1 Å². The molecule has 0 aliphatic heterocycles. The van der Waals surface area contributed by atoms with E-state index in [0.717, 1.165) is 0 Å². The number of rotatable bonds is 4. The van der Waals surface area contributed by atoms with E-state index in [-0.39, 0.29) is 0 Å². The van der Waals surface area contributed by atoms with Gasteiger partial charge in [0, 0.05) is 51.9 Å². The van der Waals surface area contributed by atoms with Gasteiger partial charge in [0.15, 0.2) is 11.5 Å². The van der Waals surface area contributed by atoms with Crippen molar-refractivity contribution >= 4 is 11.4 Å². The Balaban J connectivity index is 1.99. The largest absolute Gasteiger partial charge is 0.502 e. The number of phenolic OH excluding ortho intramolecular Hbond substituents is 2. The van der Waals surface area contributed by atoms with Crippen LogP contribution >= 0.6 is 0 Å². The summed E-state index contributed by atoms with van der Waals surface area (Å²) in [4.78, 5) is 22.0. The average molecular weight is 519 g/mol. The van der Waals surface area contributed by atoms with E-state index in [2.05, 4.69) is 23.7 Å². The van der Waals surface area contributed by atoms with E-state index in [1.54, 1.807) is 38.1 Å². The van der Waals surface area contributed by atoms with Crippen LogP contribution in [0.2, 0.25) is 0 Å². The van der Waals surface area contributed by atoms with Gasteiger partial charge in [0.1, 0.15) is 0 Å². The Hall–Kier alpha value is -5.60. The van der Waals surface area contributed by atoms with Crippen LogP contribution in [0.15, 0.2) is 84.9 Å². The summed E-state index contributed by atoms with van der Waals surface area (Å²) in [6.45, 7) is 3.45. The number of hydrogen-bond acceptors (Lipinski definition) is 6. The molecule has 0 aromatic heterocycles. The summed E-state index contributed by atoms with van der Waals surface area (Å²) in [5, 5.41) is 44.2. The SMILES string of the molecule is CC(C)(c1cc([N+](=O)[O-])c(O)cc1C#Cc1ccccc1)c1cc([N+](=O)[O-])c(O)cc1C#Cc1ccccc1. The predicted molar refractivity (Wildman–Crippen MR) is 146 cm³/mol. The molecule has 0 heterocycles. The zero-order chi connectivity index (χ0) is 28.2. The molecule has 0 saturated carbocycles. The normalized spacial score (nSPS) is 10.5. The highest BCUT2D eigenvalue weighted by molar-refractivity contribution is 5.65. The topological polar surface area (TPSA) is 127 Å². The Morgan fingerprint density at radius 2 is 0.974 bits per heavy atom. The fourth-order valence-corrected chi connectivity index (χ4v) is 4.15. The first-order valence-corrected chi connectivity index (χ1v) is 11.8. The van der Waals surface area contributed by atoms with Gasteiger partial charge >= 0.3 is 11.4 Å². The molecule has 0 fully saturated rings. The zero-order valence-electron chi connectivity index (χ0n) is 21.0. The Kier molecular flexibility index (Phi) is 7.32. The molecule has 39 heavy (non-hydrogen) atoms. The Morgan fingerprint density at radius 3 is 1.31 bits per heavy atom. The van der Waals surface area contributed by atoms with Gasteiger partial charge in [-0.3, -0.25) is 20.2 Å². The molecule has 8 nitrogen and oxygen atoms in total. The average Bonchev–Trinajstić information content (AvgIpc) is 2.91. The molecule has 192 valence electrons.